The summed E-state index contributed by atoms with van der Waals surface area (Å²) in [6.45, 7) is 1.21. The molecule has 0 atom stereocenters. The molecule has 0 fully saturated rings. The van der Waals surface area contributed by atoms with Gasteiger partial charge in [-0.25, -0.2) is 4.79 Å². The standard InChI is InChI=1S/C11H15N3O/c12-7-8-3-1-5-10-9(8)4-2-6-14(10)11(13)15/h1,3,5H,2,4,6-7,12H2,(H2,13,15). The number of hydrogen-bond acceptors (Lipinski definition) is 2. The Kier molecular flexibility index (Phi) is 2.60. The van der Waals surface area contributed by atoms with Crippen molar-refractivity contribution in [3.63, 3.8) is 0 Å². The van der Waals surface area contributed by atoms with Gasteiger partial charge in [0.1, 0.15) is 0 Å². The highest BCUT2D eigenvalue weighted by molar-refractivity contribution is 5.92. The number of carbonyl (C=O) groups is 1. The molecule has 1 heterocycles. The van der Waals surface area contributed by atoms with Crippen LogP contribution in [0.25, 0.3) is 0 Å². The van der Waals surface area contributed by atoms with E-state index in [0.29, 0.717) is 13.1 Å². The van der Waals surface area contributed by atoms with Crippen LogP contribution in [0.3, 0.4) is 0 Å². The third-order valence-corrected chi connectivity index (χ3v) is 2.83. The van der Waals surface area contributed by atoms with Crippen LogP contribution in [0.5, 0.6) is 0 Å². The van der Waals surface area contributed by atoms with E-state index in [0.717, 1.165) is 24.1 Å². The Labute approximate surface area is 88.9 Å². The second-order valence-electron chi connectivity index (χ2n) is 3.71. The van der Waals surface area contributed by atoms with Crippen LogP contribution in [0.15, 0.2) is 18.2 Å². The molecule has 0 bridgehead atoms. The molecule has 1 aromatic carbocycles. The van der Waals surface area contributed by atoms with E-state index in [1.54, 1.807) is 4.90 Å². The van der Waals surface area contributed by atoms with Gasteiger partial charge < -0.3 is 11.5 Å². The Bertz CT molecular complexity index is 389. The third kappa shape index (κ3) is 1.68. The fraction of sp³-hybridized carbons (Fsp3) is 0.364. The molecule has 0 aromatic heterocycles. The van der Waals surface area contributed by atoms with Crippen LogP contribution in [0.4, 0.5) is 10.5 Å². The van der Waals surface area contributed by atoms with Gasteiger partial charge in [0.25, 0.3) is 0 Å². The van der Waals surface area contributed by atoms with Crippen molar-refractivity contribution < 1.29 is 4.79 Å². The van der Waals surface area contributed by atoms with Crippen molar-refractivity contribution >= 4 is 11.7 Å². The number of carbonyl (C=O) groups excluding carboxylic acids is 1. The second kappa shape index (κ2) is 3.90. The number of rotatable bonds is 1. The highest BCUT2D eigenvalue weighted by Gasteiger charge is 2.21. The molecule has 0 aliphatic carbocycles. The summed E-state index contributed by atoms with van der Waals surface area (Å²) in [4.78, 5) is 12.9. The van der Waals surface area contributed by atoms with Crippen molar-refractivity contribution in [2.75, 3.05) is 11.4 Å². The van der Waals surface area contributed by atoms with E-state index in [1.165, 1.54) is 5.56 Å². The van der Waals surface area contributed by atoms with Gasteiger partial charge in [-0.15, -0.1) is 0 Å². The maximum Gasteiger partial charge on any atom is 0.319 e. The van der Waals surface area contributed by atoms with Crippen molar-refractivity contribution in [3.05, 3.63) is 29.3 Å². The highest BCUT2D eigenvalue weighted by atomic mass is 16.2. The number of benzene rings is 1. The monoisotopic (exact) mass is 205 g/mol. The molecule has 0 spiro atoms. The fourth-order valence-corrected chi connectivity index (χ4v) is 2.12. The maximum atomic E-state index is 11.2. The van der Waals surface area contributed by atoms with Crippen molar-refractivity contribution in [3.8, 4) is 0 Å². The van der Waals surface area contributed by atoms with Gasteiger partial charge in [0.05, 0.1) is 0 Å². The van der Waals surface area contributed by atoms with Gasteiger partial charge in [-0.05, 0) is 30.0 Å². The first kappa shape index (κ1) is 9.98. The molecule has 1 aliphatic heterocycles. The summed E-state index contributed by atoms with van der Waals surface area (Å²) in [5, 5.41) is 0. The Balaban J connectivity index is 2.48. The fourth-order valence-electron chi connectivity index (χ4n) is 2.12. The molecule has 0 unspecified atom stereocenters. The molecule has 1 aromatic rings. The number of urea groups is 1. The smallest absolute Gasteiger partial charge is 0.319 e. The van der Waals surface area contributed by atoms with Crippen LogP contribution in [0.1, 0.15) is 17.5 Å². The molecule has 2 amide bonds. The lowest BCUT2D eigenvalue weighted by molar-refractivity contribution is 0.253. The lowest BCUT2D eigenvalue weighted by Crippen LogP contribution is -2.39. The Morgan fingerprint density at radius 3 is 2.93 bits per heavy atom. The van der Waals surface area contributed by atoms with Crippen LogP contribution in [-0.4, -0.2) is 12.6 Å². The Hall–Kier alpha value is -1.55. The van der Waals surface area contributed by atoms with Gasteiger partial charge in [0.15, 0.2) is 0 Å². The van der Waals surface area contributed by atoms with E-state index < -0.39 is 0 Å². The van der Waals surface area contributed by atoms with E-state index in [1.807, 2.05) is 18.2 Å². The largest absolute Gasteiger partial charge is 0.351 e. The average Bonchev–Trinajstić information content (AvgIpc) is 2.27. The first-order valence-electron chi connectivity index (χ1n) is 5.12. The van der Waals surface area contributed by atoms with Gasteiger partial charge in [-0.1, -0.05) is 12.1 Å². The van der Waals surface area contributed by atoms with Gasteiger partial charge in [-0.3, -0.25) is 4.90 Å². The SMILES string of the molecule is NCc1cccc2c1CCCN2C(N)=O. The van der Waals surface area contributed by atoms with Crippen LogP contribution < -0.4 is 16.4 Å². The number of fused-ring (bicyclic) bond motifs is 1. The molecule has 0 radical (unpaired) electrons. The molecular weight excluding hydrogens is 190 g/mol. The summed E-state index contributed by atoms with van der Waals surface area (Å²) in [5.41, 5.74) is 14.2. The molecule has 0 saturated heterocycles. The predicted octanol–water partition coefficient (Wildman–Crippen LogP) is 0.977. The maximum absolute atomic E-state index is 11.2. The summed E-state index contributed by atoms with van der Waals surface area (Å²) in [5.74, 6) is 0. The molecule has 4 nitrogen and oxygen atoms in total. The molecule has 2 rings (SSSR count). The lowest BCUT2D eigenvalue weighted by atomic mass is 9.96. The zero-order valence-corrected chi connectivity index (χ0v) is 8.57. The average molecular weight is 205 g/mol. The van der Waals surface area contributed by atoms with Gasteiger partial charge in [0.2, 0.25) is 0 Å². The number of primary amides is 1. The van der Waals surface area contributed by atoms with Crippen molar-refractivity contribution in [1.82, 2.24) is 0 Å². The molecular formula is C11H15N3O. The first-order valence-corrected chi connectivity index (χ1v) is 5.12. The number of nitrogens with two attached hydrogens (primary N) is 2. The van der Waals surface area contributed by atoms with Crippen molar-refractivity contribution in [1.29, 1.82) is 0 Å². The predicted molar refractivity (Wildman–Crippen MR) is 59.6 cm³/mol. The first-order chi connectivity index (χ1) is 7.24. The van der Waals surface area contributed by atoms with E-state index >= 15 is 0 Å². The normalized spacial score (nSPS) is 14.9. The topological polar surface area (TPSA) is 72.3 Å². The molecule has 15 heavy (non-hydrogen) atoms. The molecule has 80 valence electrons. The summed E-state index contributed by atoms with van der Waals surface area (Å²) < 4.78 is 0. The van der Waals surface area contributed by atoms with Crippen LogP contribution >= 0.6 is 0 Å². The van der Waals surface area contributed by atoms with Gasteiger partial charge >= 0.3 is 6.03 Å². The van der Waals surface area contributed by atoms with E-state index in [9.17, 15) is 4.79 Å². The van der Waals surface area contributed by atoms with Gasteiger partial charge in [-0.2, -0.15) is 0 Å². The van der Waals surface area contributed by atoms with E-state index in [-0.39, 0.29) is 6.03 Å². The quantitative estimate of drug-likeness (QED) is 0.717. The van der Waals surface area contributed by atoms with Crippen molar-refractivity contribution in [2.24, 2.45) is 11.5 Å². The minimum atomic E-state index is -0.384. The summed E-state index contributed by atoms with van der Waals surface area (Å²) in [6.07, 6.45) is 1.93. The van der Waals surface area contributed by atoms with Crippen molar-refractivity contribution in [2.45, 2.75) is 19.4 Å². The van der Waals surface area contributed by atoms with E-state index in [4.69, 9.17) is 11.5 Å². The minimum absolute atomic E-state index is 0.384. The molecule has 1 aliphatic rings. The van der Waals surface area contributed by atoms with Crippen LogP contribution in [0, 0.1) is 0 Å². The number of anilines is 1. The number of amides is 2. The molecule has 4 heteroatoms. The minimum Gasteiger partial charge on any atom is -0.351 e. The molecule has 4 N–H and O–H groups in total. The third-order valence-electron chi connectivity index (χ3n) is 2.83. The van der Waals surface area contributed by atoms with E-state index in [2.05, 4.69) is 0 Å². The summed E-state index contributed by atoms with van der Waals surface area (Å²) in [7, 11) is 0. The van der Waals surface area contributed by atoms with Crippen LogP contribution in [0.2, 0.25) is 0 Å². The Morgan fingerprint density at radius 1 is 1.47 bits per heavy atom. The zero-order valence-electron chi connectivity index (χ0n) is 8.57. The number of hydrogen-bond donors (Lipinski definition) is 2. The zero-order chi connectivity index (χ0) is 10.8. The number of nitrogens with zero attached hydrogens (tertiary/aromatic N) is 1. The summed E-state index contributed by atoms with van der Waals surface area (Å²) >= 11 is 0. The molecule has 0 saturated carbocycles. The van der Waals surface area contributed by atoms with Gasteiger partial charge in [0, 0.05) is 18.8 Å². The van der Waals surface area contributed by atoms with Crippen LogP contribution in [-0.2, 0) is 13.0 Å². The highest BCUT2D eigenvalue weighted by Crippen LogP contribution is 2.29. The second-order valence-corrected chi connectivity index (χ2v) is 3.71. The Morgan fingerprint density at radius 2 is 2.27 bits per heavy atom. The summed E-state index contributed by atoms with van der Waals surface area (Å²) in [6, 6.07) is 5.47. The lowest BCUT2D eigenvalue weighted by Gasteiger charge is -2.29.